The molecule has 0 fully saturated rings. The largest absolute Gasteiger partial charge is 0.456 e. The number of para-hydroxylation sites is 3. The zero-order valence-electron chi connectivity index (χ0n) is 46.2. The van der Waals surface area contributed by atoms with Crippen LogP contribution in [0.15, 0.2) is 270 Å². The average Bonchev–Trinajstić information content (AvgIpc) is 1.80. The molecule has 0 bridgehead atoms. The van der Waals surface area contributed by atoms with E-state index in [0.717, 1.165) is 82.7 Å². The molecule has 394 valence electrons. The molecule has 2 heterocycles. The SMILES string of the molecule is C1=CC2=C(CC1)c1ccccc1C21C2=C(CCC=C2)c2ccc(-c3cc(-c4ccc(-c5nc6ccccc6n5-c5ccccc5)cc4)c4oc5c(c4c3)CC(c3ccc4c(c3)C3(c6ccccc6-c6ccccc63)c3ccccc3-4)C=C5)cc21. The summed E-state index contributed by atoms with van der Waals surface area (Å²) in [4.78, 5) is 5.26. The molecule has 3 nitrogen and oxygen atoms in total. The number of fused-ring (bicyclic) bond motifs is 22. The second-order valence-corrected chi connectivity index (χ2v) is 24.1. The topological polar surface area (TPSA) is 31.0 Å². The molecule has 3 heteroatoms. The number of hydrogen-bond acceptors (Lipinski definition) is 2. The summed E-state index contributed by atoms with van der Waals surface area (Å²) < 4.78 is 9.52. The van der Waals surface area contributed by atoms with Crippen molar-refractivity contribution in [1.82, 2.24) is 9.55 Å². The van der Waals surface area contributed by atoms with Crippen LogP contribution in [0.3, 0.4) is 0 Å². The van der Waals surface area contributed by atoms with E-state index in [1.807, 2.05) is 0 Å². The lowest BCUT2D eigenvalue weighted by atomic mass is 9.67. The predicted octanol–water partition coefficient (Wildman–Crippen LogP) is 20.0. The van der Waals surface area contributed by atoms with Gasteiger partial charge in [-0.25, -0.2) is 4.98 Å². The standard InChI is InChI=1S/C81H54N2O/c1-2-18-55(19-3-1)83-76-33-17-16-32-75(76)82-79(83)50-36-34-49(35-37-50)64-45-54(53-39-42-63-61-25-9-15-31-72(61)81(74(63)48-53)69-28-12-6-22-58(69)59-23-7-13-29-70(59)81)46-66-65-44-51(40-43-77(65)84-78(64)66)52-38-41-62-60-24-8-14-30-71(60)80(73(62)47-52)67-26-10-4-20-56(67)57-21-5-11-27-68(57)80/h1-6,8,10-22,24,26-43,45-48,51H,7,9,23,25,44H2. The molecule has 10 aromatic carbocycles. The minimum absolute atomic E-state index is 0.130. The van der Waals surface area contributed by atoms with Gasteiger partial charge in [-0.05, 0) is 192 Å². The highest BCUT2D eigenvalue weighted by Crippen LogP contribution is 2.66. The van der Waals surface area contributed by atoms with E-state index < -0.39 is 5.41 Å². The molecule has 7 aliphatic carbocycles. The third kappa shape index (κ3) is 6.08. The van der Waals surface area contributed by atoms with Crippen molar-refractivity contribution in [2.24, 2.45) is 0 Å². The second-order valence-electron chi connectivity index (χ2n) is 24.1. The summed E-state index contributed by atoms with van der Waals surface area (Å²) in [5.41, 5.74) is 33.9. The van der Waals surface area contributed by atoms with Crippen LogP contribution in [0.25, 0.3) is 101 Å². The highest BCUT2D eigenvalue weighted by atomic mass is 16.3. The van der Waals surface area contributed by atoms with Gasteiger partial charge in [-0.3, -0.25) is 4.57 Å². The van der Waals surface area contributed by atoms with Gasteiger partial charge in [0.25, 0.3) is 0 Å². The van der Waals surface area contributed by atoms with Crippen LogP contribution in [-0.4, -0.2) is 9.55 Å². The average molecular weight is 1070 g/mol. The minimum atomic E-state index is -0.403. The summed E-state index contributed by atoms with van der Waals surface area (Å²) in [6.45, 7) is 0. The van der Waals surface area contributed by atoms with Crippen molar-refractivity contribution in [2.45, 2.75) is 48.9 Å². The van der Waals surface area contributed by atoms with Crippen LogP contribution >= 0.6 is 0 Å². The lowest BCUT2D eigenvalue weighted by Crippen LogP contribution is -2.28. The van der Waals surface area contributed by atoms with Crippen molar-refractivity contribution >= 4 is 39.2 Å². The number of allylic oxidation sites excluding steroid dienone is 9. The summed E-state index contributed by atoms with van der Waals surface area (Å²) in [5.74, 6) is 1.99. The van der Waals surface area contributed by atoms with Crippen molar-refractivity contribution in [3.63, 3.8) is 0 Å². The molecule has 2 atom stereocenters. The monoisotopic (exact) mass is 1070 g/mol. The molecule has 2 spiro atoms. The fourth-order valence-corrected chi connectivity index (χ4v) is 16.7. The van der Waals surface area contributed by atoms with E-state index in [1.54, 1.807) is 0 Å². The Morgan fingerprint density at radius 2 is 0.988 bits per heavy atom. The molecular weight excluding hydrogens is 1020 g/mol. The van der Waals surface area contributed by atoms with E-state index in [9.17, 15) is 0 Å². The van der Waals surface area contributed by atoms with E-state index in [0.29, 0.717) is 0 Å². The molecular formula is C81H54N2O. The van der Waals surface area contributed by atoms with Crippen LogP contribution in [0, 0.1) is 0 Å². The normalized spacial score (nSPS) is 18.5. The first kappa shape index (κ1) is 46.5. The van der Waals surface area contributed by atoms with Gasteiger partial charge in [-0.2, -0.15) is 0 Å². The number of hydrogen-bond donors (Lipinski definition) is 0. The Kier molecular flexibility index (Phi) is 9.54. The Bertz CT molecular complexity index is 4970. The maximum Gasteiger partial charge on any atom is 0.145 e. The summed E-state index contributed by atoms with van der Waals surface area (Å²) in [6.07, 6.45) is 19.5. The van der Waals surface area contributed by atoms with Gasteiger partial charge in [0.05, 0.1) is 21.9 Å². The van der Waals surface area contributed by atoms with Crippen LogP contribution in [0.4, 0.5) is 0 Å². The predicted molar refractivity (Wildman–Crippen MR) is 343 cm³/mol. The van der Waals surface area contributed by atoms with Crippen molar-refractivity contribution in [3.05, 3.63) is 327 Å². The maximum atomic E-state index is 7.23. The van der Waals surface area contributed by atoms with E-state index in [4.69, 9.17) is 9.40 Å². The first-order chi connectivity index (χ1) is 41.6. The van der Waals surface area contributed by atoms with Crippen LogP contribution in [0.1, 0.15) is 93.0 Å². The van der Waals surface area contributed by atoms with Crippen LogP contribution in [0.5, 0.6) is 0 Å². The smallest absolute Gasteiger partial charge is 0.145 e. The van der Waals surface area contributed by atoms with Crippen molar-refractivity contribution in [1.29, 1.82) is 0 Å². The first-order valence-corrected chi connectivity index (χ1v) is 30.0. The Morgan fingerprint density at radius 1 is 0.429 bits per heavy atom. The summed E-state index contributed by atoms with van der Waals surface area (Å²) >= 11 is 0. The van der Waals surface area contributed by atoms with E-state index in [1.165, 1.54) is 117 Å². The van der Waals surface area contributed by atoms with E-state index >= 15 is 0 Å². The molecule has 2 unspecified atom stereocenters. The first-order valence-electron chi connectivity index (χ1n) is 30.0. The molecule has 0 aliphatic heterocycles. The Morgan fingerprint density at radius 3 is 1.69 bits per heavy atom. The maximum absolute atomic E-state index is 7.23. The number of nitrogens with zero attached hydrogens (tertiary/aromatic N) is 2. The Balaban J connectivity index is 0.784. The zero-order valence-corrected chi connectivity index (χ0v) is 46.2. The molecule has 84 heavy (non-hydrogen) atoms. The highest BCUT2D eigenvalue weighted by Gasteiger charge is 2.54. The lowest BCUT2D eigenvalue weighted by molar-refractivity contribution is 0.592. The zero-order chi connectivity index (χ0) is 54.8. The van der Waals surface area contributed by atoms with Crippen molar-refractivity contribution in [3.8, 4) is 61.6 Å². The molecule has 0 amide bonds. The number of rotatable bonds is 5. The Hall–Kier alpha value is -10.1. The quantitative estimate of drug-likeness (QED) is 0.172. The Labute approximate surface area is 488 Å². The van der Waals surface area contributed by atoms with Gasteiger partial charge in [0, 0.05) is 33.7 Å². The van der Waals surface area contributed by atoms with Gasteiger partial charge in [-0.1, -0.05) is 212 Å². The fourth-order valence-electron chi connectivity index (χ4n) is 16.7. The summed E-state index contributed by atoms with van der Waals surface area (Å²) in [6, 6.07) is 84.4. The lowest BCUT2D eigenvalue weighted by Gasteiger charge is -2.34. The molecule has 0 N–H and O–H groups in total. The van der Waals surface area contributed by atoms with E-state index in [2.05, 4.69) is 265 Å². The summed E-state index contributed by atoms with van der Waals surface area (Å²) in [5, 5.41) is 1.17. The molecule has 0 saturated heterocycles. The van der Waals surface area contributed by atoms with Crippen LogP contribution in [0.2, 0.25) is 0 Å². The van der Waals surface area contributed by atoms with Crippen LogP contribution in [-0.2, 0) is 17.3 Å². The molecule has 12 aromatic rings. The van der Waals surface area contributed by atoms with Gasteiger partial charge in [-0.15, -0.1) is 0 Å². The van der Waals surface area contributed by atoms with Crippen molar-refractivity contribution < 1.29 is 4.42 Å². The fraction of sp³-hybridized carbons (Fsp3) is 0.0988. The third-order valence-electron chi connectivity index (χ3n) is 20.2. The summed E-state index contributed by atoms with van der Waals surface area (Å²) in [7, 11) is 0. The van der Waals surface area contributed by atoms with Gasteiger partial charge in [0.1, 0.15) is 17.2 Å². The number of furan rings is 1. The molecule has 19 rings (SSSR count). The molecule has 0 radical (unpaired) electrons. The van der Waals surface area contributed by atoms with E-state index in [-0.39, 0.29) is 11.3 Å². The number of benzene rings is 10. The number of aromatic nitrogens is 2. The van der Waals surface area contributed by atoms with Gasteiger partial charge >= 0.3 is 0 Å². The highest BCUT2D eigenvalue weighted by molar-refractivity contribution is 6.03. The minimum Gasteiger partial charge on any atom is -0.456 e. The molecule has 0 saturated carbocycles. The van der Waals surface area contributed by atoms with Gasteiger partial charge < -0.3 is 4.42 Å². The molecule has 2 aromatic heterocycles. The number of imidazole rings is 1. The van der Waals surface area contributed by atoms with Gasteiger partial charge in [0.15, 0.2) is 0 Å². The molecule has 7 aliphatic rings. The third-order valence-corrected chi connectivity index (χ3v) is 20.2. The van der Waals surface area contributed by atoms with Gasteiger partial charge in [0.2, 0.25) is 0 Å². The van der Waals surface area contributed by atoms with Crippen molar-refractivity contribution in [2.75, 3.05) is 0 Å². The van der Waals surface area contributed by atoms with Crippen LogP contribution < -0.4 is 0 Å². The second kappa shape index (κ2) is 17.2.